The molecule has 4 rings (SSSR count). The van der Waals surface area contributed by atoms with Gasteiger partial charge in [-0.15, -0.1) is 0 Å². The van der Waals surface area contributed by atoms with Crippen LogP contribution in [0.2, 0.25) is 0 Å². The molecule has 1 N–H and O–H groups in total. The van der Waals surface area contributed by atoms with E-state index in [1.54, 1.807) is 19.1 Å². The quantitative estimate of drug-likeness (QED) is 0.477. The second kappa shape index (κ2) is 8.37. The number of anilines is 2. The molecule has 1 aliphatic rings. The molecule has 2 amide bonds. The van der Waals surface area contributed by atoms with Crippen molar-refractivity contribution in [1.82, 2.24) is 9.97 Å². The molecular weight excluding hydrogens is 428 g/mol. The highest BCUT2D eigenvalue weighted by Crippen LogP contribution is 2.41. The smallest absolute Gasteiger partial charge is 0.263 e. The first-order valence-electron chi connectivity index (χ1n) is 9.57. The lowest BCUT2D eigenvalue weighted by atomic mass is 9.98. The number of pyridine rings is 2. The molecule has 0 bridgehead atoms. The van der Waals surface area contributed by atoms with Gasteiger partial charge < -0.3 is 10.2 Å². The number of aromatic nitrogens is 2. The van der Waals surface area contributed by atoms with Crippen molar-refractivity contribution in [1.29, 1.82) is 0 Å². The fourth-order valence-electron chi connectivity index (χ4n) is 3.60. The minimum absolute atomic E-state index is 0.138. The van der Waals surface area contributed by atoms with E-state index >= 15 is 0 Å². The van der Waals surface area contributed by atoms with Crippen molar-refractivity contribution in [2.75, 3.05) is 16.8 Å². The molecule has 1 atom stereocenters. The van der Waals surface area contributed by atoms with E-state index in [4.69, 9.17) is 0 Å². The Labute approximate surface area is 179 Å². The molecule has 164 valence electrons. The summed E-state index contributed by atoms with van der Waals surface area (Å²) in [6, 6.07) is 8.89. The molecule has 0 fully saturated rings. The van der Waals surface area contributed by atoms with Gasteiger partial charge in [0, 0.05) is 29.1 Å². The Bertz CT molecular complexity index is 1200. The molecule has 1 unspecified atom stereocenters. The lowest BCUT2D eigenvalue weighted by Gasteiger charge is -2.24. The van der Waals surface area contributed by atoms with Crippen molar-refractivity contribution < 1.29 is 27.2 Å². The minimum Gasteiger partial charge on any atom is -0.325 e. The summed E-state index contributed by atoms with van der Waals surface area (Å²) in [7, 11) is 0. The highest BCUT2D eigenvalue weighted by molar-refractivity contribution is 6.09. The molecule has 2 aromatic heterocycles. The zero-order valence-corrected chi connectivity index (χ0v) is 16.7. The van der Waals surface area contributed by atoms with E-state index in [2.05, 4.69) is 15.3 Å². The summed E-state index contributed by atoms with van der Waals surface area (Å²) in [4.78, 5) is 34.2. The molecular formula is C22H16F4N4O2. The molecule has 6 nitrogen and oxygen atoms in total. The molecule has 10 heteroatoms. The molecule has 0 saturated carbocycles. The summed E-state index contributed by atoms with van der Waals surface area (Å²) in [5.74, 6) is -4.40. The molecule has 0 radical (unpaired) electrons. The number of rotatable bonds is 4. The number of alkyl halides is 2. The summed E-state index contributed by atoms with van der Waals surface area (Å²) >= 11 is 0. The monoisotopic (exact) mass is 444 g/mol. The van der Waals surface area contributed by atoms with Crippen LogP contribution in [0.1, 0.15) is 30.5 Å². The minimum atomic E-state index is -2.65. The fraction of sp³-hybridized carbons (Fsp3) is 0.182. The van der Waals surface area contributed by atoms with Crippen LogP contribution in [0.15, 0.2) is 48.7 Å². The van der Waals surface area contributed by atoms with Crippen LogP contribution in [0.25, 0.3) is 11.1 Å². The average Bonchev–Trinajstić information content (AvgIpc) is 2.84. The van der Waals surface area contributed by atoms with Crippen molar-refractivity contribution in [2.24, 2.45) is 0 Å². The molecule has 0 saturated heterocycles. The van der Waals surface area contributed by atoms with Gasteiger partial charge in [0.1, 0.15) is 6.54 Å². The summed E-state index contributed by atoms with van der Waals surface area (Å²) in [5.41, 5.74) is 0.280. The highest BCUT2D eigenvalue weighted by atomic mass is 19.3. The predicted molar refractivity (Wildman–Crippen MR) is 108 cm³/mol. The summed E-state index contributed by atoms with van der Waals surface area (Å²) in [6.07, 6.45) is -1.20. The summed E-state index contributed by atoms with van der Waals surface area (Å²) in [5, 5.41) is 2.50. The fourth-order valence-corrected chi connectivity index (χ4v) is 3.60. The number of nitrogens with zero attached hydrogens (tertiary/aromatic N) is 3. The normalized spacial score (nSPS) is 15.2. The van der Waals surface area contributed by atoms with E-state index in [1.807, 2.05) is 0 Å². The maximum Gasteiger partial charge on any atom is 0.263 e. The maximum absolute atomic E-state index is 14.7. The third-order valence-corrected chi connectivity index (χ3v) is 5.12. The second-order valence-corrected chi connectivity index (χ2v) is 7.18. The summed E-state index contributed by atoms with van der Waals surface area (Å²) in [6.45, 7) is 0.985. The Morgan fingerprint density at radius 3 is 2.59 bits per heavy atom. The van der Waals surface area contributed by atoms with Gasteiger partial charge >= 0.3 is 0 Å². The van der Waals surface area contributed by atoms with Crippen LogP contribution in [0, 0.1) is 11.9 Å². The average molecular weight is 444 g/mol. The number of nitrogens with one attached hydrogen (secondary N) is 1. The number of hydrogen-bond donors (Lipinski definition) is 1. The molecule has 0 spiro atoms. The van der Waals surface area contributed by atoms with Crippen molar-refractivity contribution >= 4 is 23.2 Å². The van der Waals surface area contributed by atoms with Gasteiger partial charge in [0.2, 0.25) is 23.7 Å². The van der Waals surface area contributed by atoms with Crippen molar-refractivity contribution in [3.8, 4) is 11.1 Å². The van der Waals surface area contributed by atoms with Crippen molar-refractivity contribution in [3.63, 3.8) is 0 Å². The van der Waals surface area contributed by atoms with Crippen molar-refractivity contribution in [3.05, 3.63) is 71.8 Å². The Kier molecular flexibility index (Phi) is 5.60. The SMILES string of the molecule is CC1C(=O)N(CC(=O)Nc2ccc(C(F)F)cc2)c2cc(F)nc(F)c2-c2cccnc21. The topological polar surface area (TPSA) is 75.2 Å². The van der Waals surface area contributed by atoms with Gasteiger partial charge in [-0.2, -0.15) is 13.8 Å². The molecule has 32 heavy (non-hydrogen) atoms. The Morgan fingerprint density at radius 1 is 1.19 bits per heavy atom. The van der Waals surface area contributed by atoms with E-state index in [-0.39, 0.29) is 33.8 Å². The zero-order valence-electron chi connectivity index (χ0n) is 16.7. The van der Waals surface area contributed by atoms with Gasteiger partial charge in [0.25, 0.3) is 6.43 Å². The van der Waals surface area contributed by atoms with E-state index < -0.39 is 42.6 Å². The van der Waals surface area contributed by atoms with Crippen LogP contribution in [0.4, 0.5) is 28.9 Å². The standard InChI is InChI=1S/C22H16F4N4O2/c1-11-19-14(3-2-8-27-19)18-15(9-16(23)29-21(18)26)30(22(11)32)10-17(31)28-13-6-4-12(5-7-13)20(24)25/h2-9,11,20H,10H2,1H3,(H,28,31). The number of benzene rings is 1. The van der Waals surface area contributed by atoms with Crippen LogP contribution < -0.4 is 10.2 Å². The first-order chi connectivity index (χ1) is 15.3. The van der Waals surface area contributed by atoms with Crippen LogP contribution >= 0.6 is 0 Å². The number of halogens is 4. The number of hydrogen-bond acceptors (Lipinski definition) is 4. The van der Waals surface area contributed by atoms with Gasteiger partial charge in [0.05, 0.1) is 22.9 Å². The Morgan fingerprint density at radius 2 is 1.91 bits per heavy atom. The third kappa shape index (κ3) is 3.91. The number of carbonyl (C=O) groups excluding carboxylic acids is 2. The molecule has 0 aliphatic carbocycles. The highest BCUT2D eigenvalue weighted by Gasteiger charge is 2.35. The van der Waals surface area contributed by atoms with Crippen LogP contribution in [-0.2, 0) is 9.59 Å². The lowest BCUT2D eigenvalue weighted by molar-refractivity contribution is -0.122. The molecule has 3 aromatic rings. The number of carbonyl (C=O) groups is 2. The molecule has 3 heterocycles. The Balaban J connectivity index is 1.69. The van der Waals surface area contributed by atoms with Crippen LogP contribution in [0.3, 0.4) is 0 Å². The maximum atomic E-state index is 14.7. The van der Waals surface area contributed by atoms with Crippen LogP contribution in [0.5, 0.6) is 0 Å². The first-order valence-corrected chi connectivity index (χ1v) is 9.57. The third-order valence-electron chi connectivity index (χ3n) is 5.12. The zero-order chi connectivity index (χ0) is 23.0. The van der Waals surface area contributed by atoms with E-state index in [0.29, 0.717) is 0 Å². The van der Waals surface area contributed by atoms with Crippen molar-refractivity contribution in [2.45, 2.75) is 19.3 Å². The van der Waals surface area contributed by atoms with Gasteiger partial charge in [-0.25, -0.2) is 8.78 Å². The predicted octanol–water partition coefficient (Wildman–Crippen LogP) is 4.45. The van der Waals surface area contributed by atoms with Gasteiger partial charge in [0.15, 0.2) is 0 Å². The lowest BCUT2D eigenvalue weighted by Crippen LogP contribution is -2.40. The van der Waals surface area contributed by atoms with Gasteiger partial charge in [-0.1, -0.05) is 18.2 Å². The van der Waals surface area contributed by atoms with Gasteiger partial charge in [-0.05, 0) is 25.1 Å². The summed E-state index contributed by atoms with van der Waals surface area (Å²) < 4.78 is 54.1. The van der Waals surface area contributed by atoms with E-state index in [0.717, 1.165) is 23.1 Å². The second-order valence-electron chi connectivity index (χ2n) is 7.18. The number of fused-ring (bicyclic) bond motifs is 3. The van der Waals surface area contributed by atoms with E-state index in [9.17, 15) is 27.2 Å². The van der Waals surface area contributed by atoms with Gasteiger partial charge in [-0.3, -0.25) is 14.6 Å². The number of amides is 2. The van der Waals surface area contributed by atoms with Crippen LogP contribution in [-0.4, -0.2) is 28.3 Å². The first kappa shape index (κ1) is 21.4. The Hall–Kier alpha value is -3.82. The molecule has 1 aromatic carbocycles. The largest absolute Gasteiger partial charge is 0.325 e. The van der Waals surface area contributed by atoms with E-state index in [1.165, 1.54) is 18.3 Å². The molecule has 1 aliphatic heterocycles.